The van der Waals surface area contributed by atoms with Crippen molar-refractivity contribution in [2.75, 3.05) is 0 Å². The van der Waals surface area contributed by atoms with E-state index < -0.39 is 23.5 Å². The van der Waals surface area contributed by atoms with E-state index in [0.29, 0.717) is 6.07 Å². The van der Waals surface area contributed by atoms with Gasteiger partial charge in [0.2, 0.25) is 0 Å². The van der Waals surface area contributed by atoms with E-state index in [9.17, 15) is 26.3 Å². The maximum atomic E-state index is 12.8. The Bertz CT molecular complexity index is 568. The van der Waals surface area contributed by atoms with Crippen LogP contribution < -0.4 is 0 Å². The number of halogens is 6. The predicted molar refractivity (Wildman–Crippen MR) is 54.0 cm³/mol. The van der Waals surface area contributed by atoms with Crippen molar-refractivity contribution in [1.82, 2.24) is 10.2 Å². The molecule has 2 rings (SSSR count). The molecule has 0 unspecified atom stereocenters. The molecule has 0 saturated heterocycles. The summed E-state index contributed by atoms with van der Waals surface area (Å²) in [7, 11) is 0. The monoisotopic (exact) mass is 280 g/mol. The molecule has 0 fully saturated rings. The molecule has 19 heavy (non-hydrogen) atoms. The number of aromatic nitrogens is 2. The summed E-state index contributed by atoms with van der Waals surface area (Å²) in [6.07, 6.45) is -8.50. The van der Waals surface area contributed by atoms with Crippen LogP contribution in [0.2, 0.25) is 0 Å². The minimum Gasteiger partial charge on any atom is -0.278 e. The van der Waals surface area contributed by atoms with Gasteiger partial charge in [-0.2, -0.15) is 31.4 Å². The van der Waals surface area contributed by atoms with E-state index in [-0.39, 0.29) is 17.3 Å². The molecule has 0 aliphatic heterocycles. The highest BCUT2D eigenvalue weighted by Crippen LogP contribution is 2.40. The number of nitrogens with zero attached hydrogens (tertiary/aromatic N) is 1. The van der Waals surface area contributed by atoms with Crippen molar-refractivity contribution >= 4 is 0 Å². The highest BCUT2D eigenvalue weighted by Gasteiger charge is 2.38. The van der Waals surface area contributed by atoms with Crippen molar-refractivity contribution in [2.24, 2.45) is 0 Å². The molecule has 0 saturated carbocycles. The van der Waals surface area contributed by atoms with Crippen molar-refractivity contribution in [3.63, 3.8) is 0 Å². The average Bonchev–Trinajstić information content (AvgIpc) is 2.79. The first-order valence-corrected chi connectivity index (χ1v) is 4.98. The predicted octanol–water partition coefficient (Wildman–Crippen LogP) is 4.11. The second kappa shape index (κ2) is 4.29. The number of nitrogens with one attached hydrogen (secondary N) is 1. The zero-order chi connectivity index (χ0) is 14.3. The summed E-state index contributed by atoms with van der Waals surface area (Å²) in [5.74, 6) is 0. The first-order valence-electron chi connectivity index (χ1n) is 4.98. The van der Waals surface area contributed by atoms with Crippen LogP contribution in [-0.2, 0) is 12.4 Å². The summed E-state index contributed by atoms with van der Waals surface area (Å²) in [5, 5.41) is 5.77. The lowest BCUT2D eigenvalue weighted by molar-refractivity contribution is -0.142. The Balaban J connectivity index is 2.63. The van der Waals surface area contributed by atoms with Gasteiger partial charge in [0.15, 0.2) is 0 Å². The highest BCUT2D eigenvalue weighted by atomic mass is 19.4. The molecule has 102 valence electrons. The molecular formula is C11H6F6N2. The van der Waals surface area contributed by atoms with Gasteiger partial charge in [-0.1, -0.05) is 6.07 Å². The van der Waals surface area contributed by atoms with Gasteiger partial charge in [-0.15, -0.1) is 0 Å². The van der Waals surface area contributed by atoms with Crippen LogP contribution >= 0.6 is 0 Å². The number of rotatable bonds is 1. The highest BCUT2D eigenvalue weighted by molar-refractivity contribution is 5.65. The normalized spacial score (nSPS) is 12.7. The second-order valence-electron chi connectivity index (χ2n) is 3.73. The molecule has 1 N–H and O–H groups in total. The fraction of sp³-hybridized carbons (Fsp3) is 0.182. The largest absolute Gasteiger partial charge is 0.417 e. The average molecular weight is 280 g/mol. The number of hydrogen-bond acceptors (Lipinski definition) is 1. The van der Waals surface area contributed by atoms with Crippen LogP contribution in [0.1, 0.15) is 11.1 Å². The van der Waals surface area contributed by atoms with Gasteiger partial charge < -0.3 is 0 Å². The van der Waals surface area contributed by atoms with E-state index in [1.54, 1.807) is 0 Å². The Morgan fingerprint density at radius 1 is 0.895 bits per heavy atom. The van der Waals surface area contributed by atoms with Crippen LogP contribution in [-0.4, -0.2) is 10.2 Å². The summed E-state index contributed by atoms with van der Waals surface area (Å²) >= 11 is 0. The fourth-order valence-corrected chi connectivity index (χ4v) is 1.60. The molecule has 0 spiro atoms. The van der Waals surface area contributed by atoms with E-state index in [1.807, 2.05) is 0 Å². The van der Waals surface area contributed by atoms with Crippen molar-refractivity contribution < 1.29 is 26.3 Å². The lowest BCUT2D eigenvalue weighted by Gasteiger charge is -2.15. The van der Waals surface area contributed by atoms with Gasteiger partial charge in [0.1, 0.15) is 0 Å². The minimum absolute atomic E-state index is 0.000972. The topological polar surface area (TPSA) is 28.7 Å². The van der Waals surface area contributed by atoms with Crippen LogP contribution in [0.3, 0.4) is 0 Å². The molecule has 2 nitrogen and oxygen atoms in total. The van der Waals surface area contributed by atoms with Crippen molar-refractivity contribution in [1.29, 1.82) is 0 Å². The van der Waals surface area contributed by atoms with Gasteiger partial charge in [-0.3, -0.25) is 5.10 Å². The lowest BCUT2D eigenvalue weighted by atomic mass is 10.0. The smallest absolute Gasteiger partial charge is 0.278 e. The molecule has 0 radical (unpaired) electrons. The lowest BCUT2D eigenvalue weighted by Crippen LogP contribution is -2.12. The maximum Gasteiger partial charge on any atom is 0.417 e. The summed E-state index contributed by atoms with van der Waals surface area (Å²) in [6.45, 7) is 0. The first-order chi connectivity index (χ1) is 8.69. The van der Waals surface area contributed by atoms with E-state index in [4.69, 9.17) is 0 Å². The molecule has 1 aromatic heterocycles. The van der Waals surface area contributed by atoms with Crippen LogP contribution in [0.5, 0.6) is 0 Å². The molecule has 0 aliphatic rings. The first kappa shape index (κ1) is 13.4. The Hall–Kier alpha value is -1.99. The molecule has 2 aromatic rings. The molecule has 1 heterocycles. The number of aromatic amines is 1. The Kier molecular flexibility index (Phi) is 3.03. The number of hydrogen-bond donors (Lipinski definition) is 1. The van der Waals surface area contributed by atoms with Gasteiger partial charge in [-0.05, 0) is 18.2 Å². The quantitative estimate of drug-likeness (QED) is 0.782. The molecule has 0 bridgehead atoms. The minimum atomic E-state index is -4.89. The number of H-pyrrole nitrogens is 1. The molecule has 0 amide bonds. The molecule has 0 aliphatic carbocycles. The Morgan fingerprint density at radius 3 is 2.05 bits per heavy atom. The zero-order valence-electron chi connectivity index (χ0n) is 9.10. The Labute approximate surface area is 103 Å². The van der Waals surface area contributed by atoms with E-state index >= 15 is 0 Å². The van der Waals surface area contributed by atoms with E-state index in [0.717, 1.165) is 6.07 Å². The van der Waals surface area contributed by atoms with Crippen LogP contribution in [0.15, 0.2) is 30.5 Å². The fourth-order valence-electron chi connectivity index (χ4n) is 1.60. The zero-order valence-corrected chi connectivity index (χ0v) is 9.10. The van der Waals surface area contributed by atoms with Gasteiger partial charge in [0, 0.05) is 11.8 Å². The van der Waals surface area contributed by atoms with Crippen LogP contribution in [0.25, 0.3) is 11.3 Å². The van der Waals surface area contributed by atoms with Gasteiger partial charge in [0.25, 0.3) is 0 Å². The standard InChI is InChI=1S/C11H6F6N2/c12-10(13,14)6-1-2-7(9-3-4-18-19-9)8(5-6)11(15,16)17/h1-5H,(H,18,19). The number of alkyl halides is 6. The summed E-state index contributed by atoms with van der Waals surface area (Å²) in [4.78, 5) is 0. The van der Waals surface area contributed by atoms with Gasteiger partial charge in [-0.25, -0.2) is 0 Å². The van der Waals surface area contributed by atoms with Gasteiger partial charge in [0.05, 0.1) is 16.8 Å². The summed E-state index contributed by atoms with van der Waals surface area (Å²) in [6, 6.07) is 2.72. The SMILES string of the molecule is FC(F)(F)c1ccc(-c2ccn[nH]2)c(C(F)(F)F)c1. The summed E-state index contributed by atoms with van der Waals surface area (Å²) in [5.41, 5.74) is -3.08. The molecule has 0 atom stereocenters. The third-order valence-corrected chi connectivity index (χ3v) is 2.44. The van der Waals surface area contributed by atoms with Crippen molar-refractivity contribution in [3.05, 3.63) is 41.6 Å². The third-order valence-electron chi connectivity index (χ3n) is 2.44. The van der Waals surface area contributed by atoms with Crippen LogP contribution in [0.4, 0.5) is 26.3 Å². The van der Waals surface area contributed by atoms with E-state index in [1.165, 1.54) is 12.3 Å². The second-order valence-corrected chi connectivity index (χ2v) is 3.73. The Morgan fingerprint density at radius 2 is 1.58 bits per heavy atom. The maximum absolute atomic E-state index is 12.8. The molecular weight excluding hydrogens is 274 g/mol. The van der Waals surface area contributed by atoms with Crippen molar-refractivity contribution in [2.45, 2.75) is 12.4 Å². The molecule has 1 aromatic carbocycles. The van der Waals surface area contributed by atoms with Crippen LogP contribution in [0, 0.1) is 0 Å². The third kappa shape index (κ3) is 2.72. The number of benzene rings is 1. The summed E-state index contributed by atoms with van der Waals surface area (Å²) < 4.78 is 75.7. The van der Waals surface area contributed by atoms with Gasteiger partial charge >= 0.3 is 12.4 Å². The molecule has 8 heteroatoms. The van der Waals surface area contributed by atoms with E-state index in [2.05, 4.69) is 10.2 Å². The van der Waals surface area contributed by atoms with Crippen molar-refractivity contribution in [3.8, 4) is 11.3 Å².